The Morgan fingerprint density at radius 3 is 2.68 bits per heavy atom. The molecule has 0 saturated carbocycles. The summed E-state index contributed by atoms with van der Waals surface area (Å²) in [7, 11) is -3.45. The van der Waals surface area contributed by atoms with E-state index in [9.17, 15) is 13.2 Å². The zero-order valence-corrected chi connectivity index (χ0v) is 19.4. The standard InChI is InChI=1S/C19H25N5O4S3/c25-17(13-29-19-23-22-18(30-19)20-12-15-4-3-11-28-15)21-14-5-7-16(8-6-14)31(26,27)24-9-1-2-10-24/h5-8,15H,1-4,9-13H2,(H,20,22)(H,21,25). The van der Waals surface area contributed by atoms with E-state index >= 15 is 0 Å². The molecule has 9 nitrogen and oxygen atoms in total. The van der Waals surface area contributed by atoms with Gasteiger partial charge in [0.15, 0.2) is 4.34 Å². The van der Waals surface area contributed by atoms with Crippen molar-refractivity contribution in [1.82, 2.24) is 14.5 Å². The van der Waals surface area contributed by atoms with Crippen LogP contribution in [0.15, 0.2) is 33.5 Å². The highest BCUT2D eigenvalue weighted by Gasteiger charge is 2.27. The second kappa shape index (κ2) is 10.3. The Kier molecular flexibility index (Phi) is 7.43. The Morgan fingerprint density at radius 1 is 1.19 bits per heavy atom. The minimum absolute atomic E-state index is 0.189. The van der Waals surface area contributed by atoms with Gasteiger partial charge in [0.2, 0.25) is 21.1 Å². The third-order valence-electron chi connectivity index (χ3n) is 5.08. The lowest BCUT2D eigenvalue weighted by Crippen LogP contribution is -2.27. The van der Waals surface area contributed by atoms with Gasteiger partial charge in [-0.2, -0.15) is 4.31 Å². The van der Waals surface area contributed by atoms with Crippen molar-refractivity contribution in [1.29, 1.82) is 0 Å². The summed E-state index contributed by atoms with van der Waals surface area (Å²) in [6.45, 7) is 2.66. The van der Waals surface area contributed by atoms with Crippen LogP contribution in [0.25, 0.3) is 0 Å². The minimum atomic E-state index is -3.45. The van der Waals surface area contributed by atoms with Crippen LogP contribution in [0, 0.1) is 0 Å². The molecule has 31 heavy (non-hydrogen) atoms. The highest BCUT2D eigenvalue weighted by atomic mass is 32.2. The second-order valence-electron chi connectivity index (χ2n) is 7.36. The SMILES string of the molecule is O=C(CSc1nnc(NCC2CCCO2)s1)Nc1ccc(S(=O)(=O)N2CCCC2)cc1. The first-order valence-corrected chi connectivity index (χ1v) is 13.5. The number of amides is 1. The van der Waals surface area contributed by atoms with Crippen LogP contribution in [0.5, 0.6) is 0 Å². The summed E-state index contributed by atoms with van der Waals surface area (Å²) in [6.07, 6.45) is 4.16. The number of nitrogens with one attached hydrogen (secondary N) is 2. The number of hydrogen-bond donors (Lipinski definition) is 2. The van der Waals surface area contributed by atoms with E-state index in [1.807, 2.05) is 0 Å². The van der Waals surface area contributed by atoms with Crippen LogP contribution in [0.3, 0.4) is 0 Å². The Bertz CT molecular complexity index is 984. The maximum absolute atomic E-state index is 12.6. The predicted octanol–water partition coefficient (Wildman–Crippen LogP) is 2.64. The molecule has 2 aliphatic rings. The van der Waals surface area contributed by atoms with Gasteiger partial charge in [0, 0.05) is 31.9 Å². The molecule has 2 fully saturated rings. The third kappa shape index (κ3) is 5.95. The average molecular weight is 484 g/mol. The average Bonchev–Trinajstić information content (AvgIpc) is 3.54. The fourth-order valence-corrected chi connectivity index (χ4v) is 6.53. The van der Waals surface area contributed by atoms with Gasteiger partial charge in [0.1, 0.15) is 0 Å². The summed E-state index contributed by atoms with van der Waals surface area (Å²) in [4.78, 5) is 12.5. The molecule has 12 heteroatoms. The number of carbonyl (C=O) groups excluding carboxylic acids is 1. The summed E-state index contributed by atoms with van der Waals surface area (Å²) < 4.78 is 32.9. The van der Waals surface area contributed by atoms with Crippen LogP contribution >= 0.6 is 23.1 Å². The zero-order chi connectivity index (χ0) is 21.7. The van der Waals surface area contributed by atoms with E-state index in [-0.39, 0.29) is 22.7 Å². The van der Waals surface area contributed by atoms with Crippen molar-refractivity contribution >= 4 is 49.8 Å². The Morgan fingerprint density at radius 2 is 1.97 bits per heavy atom. The van der Waals surface area contributed by atoms with Gasteiger partial charge in [0.05, 0.1) is 16.8 Å². The molecule has 2 aromatic rings. The molecule has 1 aromatic heterocycles. The molecule has 0 radical (unpaired) electrons. The third-order valence-corrected chi connectivity index (χ3v) is 9.01. The Labute approximate surface area is 190 Å². The maximum atomic E-state index is 12.6. The van der Waals surface area contributed by atoms with Crippen molar-refractivity contribution in [3.05, 3.63) is 24.3 Å². The van der Waals surface area contributed by atoms with Crippen LogP contribution in [0.4, 0.5) is 10.8 Å². The van der Waals surface area contributed by atoms with E-state index in [4.69, 9.17) is 4.74 Å². The largest absolute Gasteiger partial charge is 0.376 e. The number of ether oxygens (including phenoxy) is 1. The first-order chi connectivity index (χ1) is 15.0. The summed E-state index contributed by atoms with van der Waals surface area (Å²) in [6, 6.07) is 6.30. The molecular formula is C19H25N5O4S3. The summed E-state index contributed by atoms with van der Waals surface area (Å²) in [5, 5.41) is 14.9. The number of nitrogens with zero attached hydrogens (tertiary/aromatic N) is 3. The second-order valence-corrected chi connectivity index (χ2v) is 11.5. The monoisotopic (exact) mass is 483 g/mol. The molecule has 1 amide bonds. The number of thioether (sulfide) groups is 1. The predicted molar refractivity (Wildman–Crippen MR) is 121 cm³/mol. The first-order valence-electron chi connectivity index (χ1n) is 10.2. The molecule has 0 aliphatic carbocycles. The van der Waals surface area contributed by atoms with Crippen LogP contribution in [0.2, 0.25) is 0 Å². The fourth-order valence-electron chi connectivity index (χ4n) is 3.46. The fraction of sp³-hybridized carbons (Fsp3) is 0.526. The van der Waals surface area contributed by atoms with Gasteiger partial charge in [0.25, 0.3) is 0 Å². The summed E-state index contributed by atoms with van der Waals surface area (Å²) in [5.41, 5.74) is 0.558. The van der Waals surface area contributed by atoms with Crippen molar-refractivity contribution in [3.8, 4) is 0 Å². The first kappa shape index (κ1) is 22.5. The van der Waals surface area contributed by atoms with Crippen molar-refractivity contribution in [2.75, 3.05) is 42.6 Å². The molecule has 2 saturated heterocycles. The van der Waals surface area contributed by atoms with E-state index in [2.05, 4.69) is 20.8 Å². The molecular weight excluding hydrogens is 458 g/mol. The number of anilines is 2. The molecule has 0 bridgehead atoms. The van der Waals surface area contributed by atoms with E-state index < -0.39 is 10.0 Å². The molecule has 1 atom stereocenters. The quantitative estimate of drug-likeness (QED) is 0.524. The van der Waals surface area contributed by atoms with Gasteiger partial charge < -0.3 is 15.4 Å². The molecule has 0 spiro atoms. The smallest absolute Gasteiger partial charge is 0.243 e. The molecule has 1 aromatic carbocycles. The van der Waals surface area contributed by atoms with E-state index in [0.29, 0.717) is 34.8 Å². The van der Waals surface area contributed by atoms with Crippen LogP contribution < -0.4 is 10.6 Å². The highest BCUT2D eigenvalue weighted by Crippen LogP contribution is 2.26. The van der Waals surface area contributed by atoms with Crippen LogP contribution in [-0.2, 0) is 19.6 Å². The summed E-state index contributed by atoms with van der Waals surface area (Å²) in [5.74, 6) is -0.00185. The van der Waals surface area contributed by atoms with E-state index in [1.54, 1.807) is 12.1 Å². The van der Waals surface area contributed by atoms with Crippen molar-refractivity contribution in [3.63, 3.8) is 0 Å². The molecule has 2 aliphatic heterocycles. The van der Waals surface area contributed by atoms with E-state index in [0.717, 1.165) is 32.3 Å². The molecule has 1 unspecified atom stereocenters. The number of hydrogen-bond acceptors (Lipinski definition) is 9. The lowest BCUT2D eigenvalue weighted by atomic mass is 10.2. The van der Waals surface area contributed by atoms with Gasteiger partial charge >= 0.3 is 0 Å². The van der Waals surface area contributed by atoms with E-state index in [1.165, 1.54) is 39.5 Å². The Balaban J connectivity index is 1.23. The number of aromatic nitrogens is 2. The van der Waals surface area contributed by atoms with Crippen molar-refractivity contribution < 1.29 is 17.9 Å². The van der Waals surface area contributed by atoms with Gasteiger partial charge in [-0.1, -0.05) is 23.1 Å². The lowest BCUT2D eigenvalue weighted by molar-refractivity contribution is -0.113. The van der Waals surface area contributed by atoms with Crippen molar-refractivity contribution in [2.24, 2.45) is 0 Å². The molecule has 3 heterocycles. The lowest BCUT2D eigenvalue weighted by Gasteiger charge is -2.15. The highest BCUT2D eigenvalue weighted by molar-refractivity contribution is 8.01. The topological polar surface area (TPSA) is 114 Å². The number of rotatable bonds is 9. The maximum Gasteiger partial charge on any atom is 0.243 e. The van der Waals surface area contributed by atoms with Gasteiger partial charge in [-0.15, -0.1) is 10.2 Å². The summed E-state index contributed by atoms with van der Waals surface area (Å²) >= 11 is 2.71. The van der Waals surface area contributed by atoms with Crippen LogP contribution in [-0.4, -0.2) is 66.9 Å². The molecule has 2 N–H and O–H groups in total. The molecule has 4 rings (SSSR count). The number of sulfonamides is 1. The Hall–Kier alpha value is -1.73. The van der Waals surface area contributed by atoms with Gasteiger partial charge in [-0.3, -0.25) is 4.79 Å². The zero-order valence-electron chi connectivity index (χ0n) is 17.0. The normalized spacial score (nSPS) is 19.5. The minimum Gasteiger partial charge on any atom is -0.376 e. The van der Waals surface area contributed by atoms with Gasteiger partial charge in [-0.25, -0.2) is 8.42 Å². The molecule has 168 valence electrons. The van der Waals surface area contributed by atoms with Gasteiger partial charge in [-0.05, 0) is 49.9 Å². The van der Waals surface area contributed by atoms with Crippen molar-refractivity contribution in [2.45, 2.75) is 41.0 Å². The van der Waals surface area contributed by atoms with Crippen LogP contribution in [0.1, 0.15) is 25.7 Å². The number of carbonyl (C=O) groups is 1. The number of benzene rings is 1.